The molecule has 1 aromatic heterocycles. The van der Waals surface area contributed by atoms with Crippen LogP contribution in [0.1, 0.15) is 37.3 Å². The molecule has 27 heavy (non-hydrogen) atoms. The van der Waals surface area contributed by atoms with Crippen LogP contribution >= 0.6 is 11.6 Å². The third kappa shape index (κ3) is 4.18. The van der Waals surface area contributed by atoms with Crippen molar-refractivity contribution < 1.29 is 4.74 Å². The zero-order chi connectivity index (χ0) is 18.8. The highest BCUT2D eigenvalue weighted by Crippen LogP contribution is 2.34. The molecule has 3 aromatic rings. The van der Waals surface area contributed by atoms with E-state index in [9.17, 15) is 0 Å². The Morgan fingerprint density at radius 3 is 2.81 bits per heavy atom. The van der Waals surface area contributed by atoms with E-state index >= 15 is 0 Å². The molecule has 0 amide bonds. The maximum atomic E-state index is 6.68. The third-order valence-electron chi connectivity index (χ3n) is 5.35. The summed E-state index contributed by atoms with van der Waals surface area (Å²) < 4.78 is 5.43. The van der Waals surface area contributed by atoms with Crippen molar-refractivity contribution in [1.29, 1.82) is 0 Å². The molecule has 0 aliphatic heterocycles. The molecular weight excluding hydrogens is 358 g/mol. The molecular formula is C22H26ClN3O. The first-order valence-corrected chi connectivity index (χ1v) is 10.1. The number of hydrogen-bond donors (Lipinski definition) is 2. The molecule has 1 atom stereocenters. The molecule has 5 heteroatoms. The van der Waals surface area contributed by atoms with Gasteiger partial charge in [0.05, 0.1) is 18.1 Å². The van der Waals surface area contributed by atoms with Crippen LogP contribution in [-0.4, -0.2) is 25.2 Å². The summed E-state index contributed by atoms with van der Waals surface area (Å²) in [5.41, 5.74) is 9.62. The normalized spacial score (nSPS) is 15.4. The number of nitrogens with two attached hydrogens (primary N) is 1. The minimum Gasteiger partial charge on any atom is -0.497 e. The number of rotatable bonds is 8. The van der Waals surface area contributed by atoms with Crippen molar-refractivity contribution >= 4 is 33.4 Å². The molecule has 142 valence electrons. The van der Waals surface area contributed by atoms with Crippen LogP contribution in [0.15, 0.2) is 36.4 Å². The summed E-state index contributed by atoms with van der Waals surface area (Å²) in [7, 11) is 1.68. The molecule has 1 fully saturated rings. The first-order valence-electron chi connectivity index (χ1n) is 9.69. The van der Waals surface area contributed by atoms with Gasteiger partial charge in [0.25, 0.3) is 0 Å². The average Bonchev–Trinajstić information content (AvgIpc) is 3.49. The number of fused-ring (bicyclic) bond motifs is 2. The largest absolute Gasteiger partial charge is 0.497 e. The van der Waals surface area contributed by atoms with Crippen molar-refractivity contribution in [2.75, 3.05) is 20.2 Å². The fraction of sp³-hybridized carbons (Fsp3) is 0.409. The number of hydrogen-bond acceptors (Lipinski definition) is 4. The van der Waals surface area contributed by atoms with Gasteiger partial charge in [0, 0.05) is 21.8 Å². The van der Waals surface area contributed by atoms with Gasteiger partial charge in [-0.25, -0.2) is 4.98 Å². The van der Waals surface area contributed by atoms with Gasteiger partial charge < -0.3 is 15.8 Å². The van der Waals surface area contributed by atoms with Gasteiger partial charge in [-0.3, -0.25) is 0 Å². The van der Waals surface area contributed by atoms with Crippen molar-refractivity contribution in [3.05, 3.63) is 47.0 Å². The van der Waals surface area contributed by atoms with Gasteiger partial charge in [-0.05, 0) is 80.6 Å². The molecule has 0 radical (unpaired) electrons. The van der Waals surface area contributed by atoms with Crippen LogP contribution in [0.25, 0.3) is 21.8 Å². The summed E-state index contributed by atoms with van der Waals surface area (Å²) in [6.07, 6.45) is 4.74. The predicted octanol–water partition coefficient (Wildman–Crippen LogP) is 4.83. The molecule has 0 spiro atoms. The molecule has 1 aliphatic carbocycles. The second kappa shape index (κ2) is 8.01. The molecule has 2 aromatic carbocycles. The van der Waals surface area contributed by atoms with Crippen LogP contribution in [0.2, 0.25) is 5.02 Å². The van der Waals surface area contributed by atoms with E-state index in [1.54, 1.807) is 7.11 Å². The SMILES string of the molecule is COc1ccc2nc3cc(Cl)ccc3c(C(N)CCCNCC3CC3)c2c1. The Morgan fingerprint density at radius 2 is 2.04 bits per heavy atom. The lowest BCUT2D eigenvalue weighted by molar-refractivity contribution is 0.415. The fourth-order valence-corrected chi connectivity index (χ4v) is 3.84. The Bertz CT molecular complexity index is 955. The number of nitrogens with zero attached hydrogens (tertiary/aromatic N) is 1. The smallest absolute Gasteiger partial charge is 0.119 e. The van der Waals surface area contributed by atoms with Crippen molar-refractivity contribution in [3.8, 4) is 5.75 Å². The summed E-state index contributed by atoms with van der Waals surface area (Å²) in [6.45, 7) is 2.16. The molecule has 1 unspecified atom stereocenters. The third-order valence-corrected chi connectivity index (χ3v) is 5.59. The summed E-state index contributed by atoms with van der Waals surface area (Å²) in [5.74, 6) is 1.72. The summed E-state index contributed by atoms with van der Waals surface area (Å²) in [4.78, 5) is 4.79. The highest BCUT2D eigenvalue weighted by molar-refractivity contribution is 6.31. The lowest BCUT2D eigenvalue weighted by Crippen LogP contribution is -2.20. The molecule has 0 bridgehead atoms. The summed E-state index contributed by atoms with van der Waals surface area (Å²) in [5, 5.41) is 6.36. The van der Waals surface area contributed by atoms with E-state index in [-0.39, 0.29) is 6.04 Å². The number of pyridine rings is 1. The molecule has 1 saturated carbocycles. The minimum atomic E-state index is -0.0611. The molecule has 4 nitrogen and oxygen atoms in total. The zero-order valence-corrected chi connectivity index (χ0v) is 16.4. The Morgan fingerprint density at radius 1 is 1.19 bits per heavy atom. The first kappa shape index (κ1) is 18.5. The van der Waals surface area contributed by atoms with Crippen LogP contribution in [0, 0.1) is 5.92 Å². The Balaban J connectivity index is 1.65. The highest BCUT2D eigenvalue weighted by Gasteiger charge is 2.20. The summed E-state index contributed by atoms with van der Waals surface area (Å²) >= 11 is 6.20. The van der Waals surface area contributed by atoms with Gasteiger partial charge in [-0.15, -0.1) is 0 Å². The van der Waals surface area contributed by atoms with Crippen molar-refractivity contribution in [2.24, 2.45) is 11.7 Å². The zero-order valence-electron chi connectivity index (χ0n) is 15.7. The van der Waals surface area contributed by atoms with Gasteiger partial charge >= 0.3 is 0 Å². The standard InChI is InChI=1S/C22H26ClN3O/c1-27-16-7-9-20-18(12-16)22(17-8-6-15(23)11-21(17)26-20)19(24)3-2-10-25-13-14-4-5-14/h6-9,11-12,14,19,25H,2-5,10,13,24H2,1H3. The lowest BCUT2D eigenvalue weighted by atomic mass is 9.94. The Kier molecular flexibility index (Phi) is 5.48. The maximum absolute atomic E-state index is 6.68. The molecule has 4 rings (SSSR count). The van der Waals surface area contributed by atoms with E-state index in [4.69, 9.17) is 27.1 Å². The predicted molar refractivity (Wildman–Crippen MR) is 113 cm³/mol. The highest BCUT2D eigenvalue weighted by atomic mass is 35.5. The number of aromatic nitrogens is 1. The van der Waals surface area contributed by atoms with Gasteiger partial charge in [-0.1, -0.05) is 17.7 Å². The number of benzene rings is 2. The van der Waals surface area contributed by atoms with E-state index in [2.05, 4.69) is 5.32 Å². The number of halogens is 1. The van der Waals surface area contributed by atoms with Crippen LogP contribution in [0.4, 0.5) is 0 Å². The van der Waals surface area contributed by atoms with E-state index in [0.717, 1.165) is 65.0 Å². The van der Waals surface area contributed by atoms with Gasteiger partial charge in [-0.2, -0.15) is 0 Å². The number of ether oxygens (including phenoxy) is 1. The minimum absolute atomic E-state index is 0.0611. The van der Waals surface area contributed by atoms with Crippen molar-refractivity contribution in [3.63, 3.8) is 0 Å². The number of methoxy groups -OCH3 is 1. The Hall–Kier alpha value is -1.88. The van der Waals surface area contributed by atoms with Crippen LogP contribution in [0.3, 0.4) is 0 Å². The van der Waals surface area contributed by atoms with Crippen LogP contribution in [-0.2, 0) is 0 Å². The average molecular weight is 384 g/mol. The summed E-state index contributed by atoms with van der Waals surface area (Å²) in [6, 6.07) is 11.7. The van der Waals surface area contributed by atoms with Crippen LogP contribution < -0.4 is 15.8 Å². The van der Waals surface area contributed by atoms with Gasteiger partial charge in [0.2, 0.25) is 0 Å². The van der Waals surface area contributed by atoms with Crippen molar-refractivity contribution in [1.82, 2.24) is 10.3 Å². The fourth-order valence-electron chi connectivity index (χ4n) is 3.67. The quantitative estimate of drug-likeness (QED) is 0.432. The monoisotopic (exact) mass is 383 g/mol. The lowest BCUT2D eigenvalue weighted by Gasteiger charge is -2.18. The van der Waals surface area contributed by atoms with E-state index in [1.807, 2.05) is 36.4 Å². The second-order valence-electron chi connectivity index (χ2n) is 7.47. The second-order valence-corrected chi connectivity index (χ2v) is 7.90. The van der Waals surface area contributed by atoms with E-state index in [1.165, 1.54) is 12.8 Å². The first-order chi connectivity index (χ1) is 13.2. The molecule has 1 aliphatic rings. The van der Waals surface area contributed by atoms with Crippen LogP contribution in [0.5, 0.6) is 5.75 Å². The molecule has 1 heterocycles. The van der Waals surface area contributed by atoms with Crippen molar-refractivity contribution in [2.45, 2.75) is 31.7 Å². The molecule has 3 N–H and O–H groups in total. The Labute approximate surface area is 165 Å². The van der Waals surface area contributed by atoms with E-state index < -0.39 is 0 Å². The van der Waals surface area contributed by atoms with E-state index in [0.29, 0.717) is 5.02 Å². The maximum Gasteiger partial charge on any atom is 0.119 e. The van der Waals surface area contributed by atoms with Gasteiger partial charge in [0.15, 0.2) is 0 Å². The van der Waals surface area contributed by atoms with Gasteiger partial charge in [0.1, 0.15) is 5.75 Å². The number of nitrogens with one attached hydrogen (secondary N) is 1. The molecule has 0 saturated heterocycles. The topological polar surface area (TPSA) is 60.2 Å².